The minimum atomic E-state index is -1.93. The van der Waals surface area contributed by atoms with Crippen LogP contribution in [0.1, 0.15) is 175 Å². The van der Waals surface area contributed by atoms with Crippen LogP contribution >= 0.6 is 51.9 Å². The molecule has 1 unspecified atom stereocenters. The van der Waals surface area contributed by atoms with Gasteiger partial charge in [-0.15, -0.1) is 23.7 Å². The highest BCUT2D eigenvalue weighted by Crippen LogP contribution is 2.43. The highest BCUT2D eigenvalue weighted by atomic mass is 79.9. The largest absolute Gasteiger partial charge is 0.542 e. The van der Waals surface area contributed by atoms with Gasteiger partial charge in [0.25, 0.3) is 25.0 Å². The third kappa shape index (κ3) is 28.4. The van der Waals surface area contributed by atoms with E-state index in [0.29, 0.717) is 58.1 Å². The van der Waals surface area contributed by atoms with Crippen LogP contribution in [-0.2, 0) is 55.0 Å². The van der Waals surface area contributed by atoms with Crippen molar-refractivity contribution in [3.8, 4) is 11.4 Å². The number of hydrogen-bond acceptors (Lipinski definition) is 24. The summed E-state index contributed by atoms with van der Waals surface area (Å²) in [7, 11) is 6.98. The first-order valence-electron chi connectivity index (χ1n) is 35.9. The maximum atomic E-state index is 12.4. The van der Waals surface area contributed by atoms with Crippen LogP contribution < -0.4 is 38.5 Å². The summed E-state index contributed by atoms with van der Waals surface area (Å²) >= 11 is 9.43. The van der Waals surface area contributed by atoms with Crippen LogP contribution in [0.15, 0.2) is 77.4 Å². The average Bonchev–Trinajstić information content (AvgIpc) is 1.78. The Morgan fingerprint density at radius 2 is 0.981 bits per heavy atom. The molecule has 5 aromatic heterocycles. The van der Waals surface area contributed by atoms with Gasteiger partial charge in [-0.3, -0.25) is 19.4 Å². The highest BCUT2D eigenvalue weighted by Gasteiger charge is 2.43. The monoisotopic (exact) mass is 1650 g/mol. The van der Waals surface area contributed by atoms with Crippen molar-refractivity contribution < 1.29 is 32.8 Å². The van der Waals surface area contributed by atoms with Crippen molar-refractivity contribution in [2.75, 3.05) is 70.6 Å². The van der Waals surface area contributed by atoms with Gasteiger partial charge in [0.1, 0.15) is 45.8 Å². The number of hydrogen-bond donors (Lipinski definition) is 8. The number of halogens is 2. The predicted octanol–water partition coefficient (Wildman–Crippen LogP) is 15.6. The molecule has 107 heavy (non-hydrogen) atoms. The standard InChI is InChI=1S/C15H25N3OSi.C15H27NO2Si.C12H22O2Si.C11H12N4S.C9H10BrN3O.C9H11N3O.C2H7N3.C2H5NS.ClH/c1-15(2,3)20(5,6)19-12-9-7-8-11-10-17-14(16-4)18-13(11)12;1-15(2,3)19(6,7)18-13-10-8-9-12(14(13)17)11-16(4)5;1-12(2,3)15(4,5)14-11-9-7-6-8-10(11)13;1-6-14-10-8(16-6)4-3-7-5-13-11(12-2)15-9(7)10;1-11-9-12-4-5-2-3-6(10)8(14)7(5)13-9;1-10-9-11-5-6-3-2-4-7(13)8(6)12-9;1-5-2(3)4;1-2(3)4;/h9-10H,7-8H2,1-6H3,(H,16,17,18);10-11H,8-9H2,1-7H3;9H,6-8H2,1-5H3;5H,3-4H2,1-2H3,(H,12,13,15);4,6H,2-3H2,1H3,(H,11,12,13);4-5,13H,2-3H2,1H3,(H,10,11,12);1H3,(H4,3,4,5);1H3,(H2,3,4);1H/b;12-11-;;;;;;;. The average molecular weight is 1650 g/mol. The number of fused-ring (bicyclic) bond motifs is 6. The summed E-state index contributed by atoms with van der Waals surface area (Å²) in [5, 5.41) is 22.7. The van der Waals surface area contributed by atoms with E-state index in [2.05, 4.69) is 207 Å². The number of aliphatic hydroxyl groups excluding tert-OH is 1. The molecule has 0 saturated heterocycles. The maximum Gasteiger partial charge on any atom is 0.250 e. The Labute approximate surface area is 663 Å². The van der Waals surface area contributed by atoms with Gasteiger partial charge in [-0.2, -0.15) is 0 Å². The molecule has 5 aromatic rings. The zero-order valence-electron chi connectivity index (χ0n) is 67.6. The van der Waals surface area contributed by atoms with Gasteiger partial charge in [0, 0.05) is 114 Å². The Hall–Kier alpha value is -7.56. The van der Waals surface area contributed by atoms with Gasteiger partial charge in [0.2, 0.25) is 29.6 Å². The quantitative estimate of drug-likeness (QED) is 0.0152. The van der Waals surface area contributed by atoms with E-state index in [-0.39, 0.29) is 61.4 Å². The Bertz CT molecular complexity index is 4040. The summed E-state index contributed by atoms with van der Waals surface area (Å²) in [4.78, 5) is 81.5. The van der Waals surface area contributed by atoms with Crippen LogP contribution in [-0.4, -0.2) is 162 Å². The van der Waals surface area contributed by atoms with E-state index in [9.17, 15) is 19.5 Å². The van der Waals surface area contributed by atoms with Gasteiger partial charge in [-0.25, -0.2) is 44.9 Å². The Morgan fingerprint density at radius 1 is 0.589 bits per heavy atom. The van der Waals surface area contributed by atoms with E-state index < -0.39 is 25.0 Å². The molecule has 11 N–H and O–H groups in total. The topological polar surface area (TPSA) is 357 Å². The first-order chi connectivity index (χ1) is 49.3. The number of ketones is 3. The number of aryl methyl sites for hydroxylation is 6. The van der Waals surface area contributed by atoms with Crippen molar-refractivity contribution in [3.05, 3.63) is 122 Å². The number of aliphatic hydroxyl groups is 1. The molecule has 5 heterocycles. The SMILES string of the molecule is CC(C)(C)[Si](C)(C)OC1=CCCCC1=O.CC(N)=S.CN(C)/C=C1/CCC=C(O[Si](C)(C)C(C)(C)C)C1=O.CN=C(N)N.CNc1ncc2c(n1)-c1nc(C)sc1CC2.CNc1ncc2c(n1)C(=O)C(Br)CC2.CNc1ncc2c(n1)C(O)=CCC2.CNc1ncc2c(n1)C(O[Si](C)(C)C(C)(C)C)=CCC2.Cl. The fourth-order valence-corrected chi connectivity index (χ4v) is 14.2. The minimum Gasteiger partial charge on any atom is -0.542 e. The molecule has 32 heteroatoms. The van der Waals surface area contributed by atoms with Crippen molar-refractivity contribution in [2.24, 2.45) is 22.2 Å². The molecule has 25 nitrogen and oxygen atoms in total. The molecule has 0 radical (unpaired) electrons. The van der Waals surface area contributed by atoms with Crippen molar-refractivity contribution in [1.82, 2.24) is 49.8 Å². The molecule has 0 spiro atoms. The van der Waals surface area contributed by atoms with Crippen LogP contribution in [0.3, 0.4) is 0 Å². The number of thiazole rings is 1. The van der Waals surface area contributed by atoms with E-state index in [1.165, 1.54) is 23.1 Å². The first kappa shape index (κ1) is 93.6. The zero-order chi connectivity index (χ0) is 79.9. The number of alkyl halides is 1. The fraction of sp³-hybridized carbons (Fsp3) is 0.547. The number of rotatable bonds is 11. The molecule has 6 aliphatic rings. The van der Waals surface area contributed by atoms with Crippen LogP contribution in [0, 0.1) is 6.92 Å². The molecule has 6 aliphatic carbocycles. The Morgan fingerprint density at radius 3 is 1.44 bits per heavy atom. The summed E-state index contributed by atoms with van der Waals surface area (Å²) in [6, 6.07) is 0. The van der Waals surface area contributed by atoms with Crippen LogP contribution in [0.2, 0.25) is 54.4 Å². The Balaban J connectivity index is 0.000000326. The van der Waals surface area contributed by atoms with Gasteiger partial charge in [0.15, 0.2) is 17.5 Å². The highest BCUT2D eigenvalue weighted by molar-refractivity contribution is 9.10. The van der Waals surface area contributed by atoms with Crippen molar-refractivity contribution >= 4 is 140 Å². The number of allylic oxidation sites excluding steroid dienone is 6. The number of aromatic nitrogens is 9. The molecule has 0 bridgehead atoms. The Kier molecular flexibility index (Phi) is 36.6. The van der Waals surface area contributed by atoms with E-state index in [4.69, 9.17) is 30.5 Å². The number of carbonyl (C=O) groups is 3. The number of nitrogens with zero attached hydrogens (tertiary/aromatic N) is 11. The number of anilines is 4. The van der Waals surface area contributed by atoms with E-state index in [0.717, 1.165) is 122 Å². The van der Waals surface area contributed by atoms with Crippen molar-refractivity contribution in [1.29, 1.82) is 0 Å². The van der Waals surface area contributed by atoms with Crippen LogP contribution in [0.25, 0.3) is 22.9 Å². The minimum absolute atomic E-state index is 0. The lowest BCUT2D eigenvalue weighted by Crippen LogP contribution is -2.41. The molecular formula is C75H120BrClN18O7S2Si3. The summed E-state index contributed by atoms with van der Waals surface area (Å²) in [6.07, 6.45) is 28.9. The number of nitrogens with one attached hydrogen (secondary N) is 4. The molecule has 0 aromatic carbocycles. The number of guanidine groups is 1. The van der Waals surface area contributed by atoms with Crippen LogP contribution in [0.4, 0.5) is 23.8 Å². The molecule has 1 atom stereocenters. The van der Waals surface area contributed by atoms with E-state index in [1.807, 2.05) is 70.8 Å². The first-order valence-corrected chi connectivity index (χ1v) is 46.8. The summed E-state index contributed by atoms with van der Waals surface area (Å²) in [5.74, 6) is 5.19. The number of Topliss-reactive ketones (excluding diaryl/α,β-unsaturated/α-hetero) is 3. The van der Waals surface area contributed by atoms with Gasteiger partial charge in [0.05, 0.1) is 20.5 Å². The third-order valence-corrected chi connectivity index (χ3v) is 33.7. The van der Waals surface area contributed by atoms with Gasteiger partial charge in [-0.05, 0) is 175 Å². The molecule has 11 rings (SSSR count). The molecule has 590 valence electrons. The zero-order valence-corrected chi connectivity index (χ0v) is 74.7. The van der Waals surface area contributed by atoms with Crippen molar-refractivity contribution in [3.63, 3.8) is 0 Å². The number of aliphatic imine (C=N–C) groups is 1. The second-order valence-electron chi connectivity index (χ2n) is 30.7. The third-order valence-electron chi connectivity index (χ3n) is 18.8. The number of nitrogens with two attached hydrogens (primary N) is 3. The van der Waals surface area contributed by atoms with E-state index in [1.54, 1.807) is 50.8 Å². The smallest absolute Gasteiger partial charge is 0.250 e. The lowest BCUT2D eigenvalue weighted by atomic mass is 9.96. The second-order valence-corrected chi connectivity index (χ2v) is 47.9. The van der Waals surface area contributed by atoms with Crippen LogP contribution in [0.5, 0.6) is 0 Å². The predicted molar refractivity (Wildman–Crippen MR) is 457 cm³/mol. The second kappa shape index (κ2) is 41.9. The lowest BCUT2D eigenvalue weighted by Gasteiger charge is -2.38. The summed E-state index contributed by atoms with van der Waals surface area (Å²) < 4.78 is 18.6. The van der Waals surface area contributed by atoms with Gasteiger partial charge < -0.3 is 61.8 Å². The lowest BCUT2D eigenvalue weighted by molar-refractivity contribution is -0.118. The summed E-state index contributed by atoms with van der Waals surface area (Å²) in [6.45, 7) is 36.8. The fourth-order valence-electron chi connectivity index (χ4n) is 9.70. The number of thiocarbonyl (C=S) groups is 1. The van der Waals surface area contributed by atoms with Gasteiger partial charge in [-0.1, -0.05) is 90.5 Å². The summed E-state index contributed by atoms with van der Waals surface area (Å²) in [5.41, 5.74) is 23.9. The maximum absolute atomic E-state index is 12.4. The van der Waals surface area contributed by atoms with E-state index >= 15 is 0 Å². The molecule has 0 fully saturated rings. The van der Waals surface area contributed by atoms with Crippen molar-refractivity contribution in [2.45, 2.75) is 219 Å². The molecule has 0 amide bonds. The molecule has 0 saturated carbocycles. The molecule has 0 aliphatic heterocycles. The number of carbonyl (C=O) groups excluding carboxylic acids is 3. The molecular weight excluding hydrogens is 1530 g/mol. The van der Waals surface area contributed by atoms with Gasteiger partial charge >= 0.3 is 0 Å². The normalized spacial score (nSPS) is 15.9.